The van der Waals surface area contributed by atoms with E-state index in [1.165, 1.54) is 5.56 Å². The molecule has 0 N–H and O–H groups in total. The molecule has 132 valence electrons. The number of nitrogens with zero attached hydrogens (tertiary/aromatic N) is 2. The van der Waals surface area contributed by atoms with E-state index < -0.39 is 0 Å². The van der Waals surface area contributed by atoms with Crippen molar-refractivity contribution in [1.29, 1.82) is 0 Å². The molecular formula is C22H22N2O2. The molecule has 0 saturated carbocycles. The van der Waals surface area contributed by atoms with Crippen molar-refractivity contribution in [2.75, 3.05) is 6.61 Å². The summed E-state index contributed by atoms with van der Waals surface area (Å²) in [6, 6.07) is 11.7. The molecule has 1 aromatic heterocycles. The van der Waals surface area contributed by atoms with E-state index >= 15 is 0 Å². The molecule has 26 heavy (non-hydrogen) atoms. The molecule has 4 heteroatoms. The Bertz CT molecular complexity index is 995. The molecule has 0 aliphatic carbocycles. The Morgan fingerprint density at radius 2 is 1.77 bits per heavy atom. The van der Waals surface area contributed by atoms with Gasteiger partial charge in [-0.05, 0) is 48.2 Å². The van der Waals surface area contributed by atoms with Gasteiger partial charge in [-0.3, -0.25) is 4.79 Å². The molecule has 4 nitrogen and oxygen atoms in total. The highest BCUT2D eigenvalue weighted by Gasteiger charge is 2.15. The zero-order valence-electron chi connectivity index (χ0n) is 15.2. The maximum Gasteiger partial charge on any atom is 0.167 e. The van der Waals surface area contributed by atoms with Crippen LogP contribution in [0.15, 0.2) is 36.4 Å². The predicted molar refractivity (Wildman–Crippen MR) is 102 cm³/mol. The Morgan fingerprint density at radius 1 is 1.00 bits per heavy atom. The molecule has 4 rings (SSSR count). The fourth-order valence-electron chi connectivity index (χ4n) is 3.50. The summed E-state index contributed by atoms with van der Waals surface area (Å²) >= 11 is 0. The van der Waals surface area contributed by atoms with E-state index in [9.17, 15) is 4.79 Å². The molecule has 0 radical (unpaired) electrons. The second-order valence-electron chi connectivity index (χ2n) is 6.67. The minimum Gasteiger partial charge on any atom is -0.493 e. The van der Waals surface area contributed by atoms with Crippen LogP contribution in [-0.4, -0.2) is 22.4 Å². The second kappa shape index (κ2) is 6.87. The van der Waals surface area contributed by atoms with Gasteiger partial charge in [0.1, 0.15) is 5.75 Å². The van der Waals surface area contributed by atoms with Crippen LogP contribution in [0.25, 0.3) is 11.0 Å². The molecule has 2 heterocycles. The van der Waals surface area contributed by atoms with Crippen LogP contribution in [0.1, 0.15) is 46.7 Å². The first kappa shape index (κ1) is 16.7. The first-order valence-electron chi connectivity index (χ1n) is 9.25. The van der Waals surface area contributed by atoms with Crippen molar-refractivity contribution in [2.24, 2.45) is 0 Å². The summed E-state index contributed by atoms with van der Waals surface area (Å²) in [5.74, 6) is 1.05. The second-order valence-corrected chi connectivity index (χ2v) is 6.67. The lowest BCUT2D eigenvalue weighted by atomic mass is 10.00. The number of benzene rings is 2. The van der Waals surface area contributed by atoms with Crippen molar-refractivity contribution in [3.8, 4) is 5.75 Å². The highest BCUT2D eigenvalue weighted by Crippen LogP contribution is 2.26. The Kier molecular flexibility index (Phi) is 4.41. The summed E-state index contributed by atoms with van der Waals surface area (Å²) in [6.07, 6.45) is 3.03. The van der Waals surface area contributed by atoms with Gasteiger partial charge in [0.05, 0.1) is 29.0 Å². The van der Waals surface area contributed by atoms with Gasteiger partial charge in [-0.25, -0.2) is 9.97 Å². The van der Waals surface area contributed by atoms with Gasteiger partial charge in [-0.15, -0.1) is 0 Å². The number of fused-ring (bicyclic) bond motifs is 2. The molecule has 0 amide bonds. The molecule has 0 unspecified atom stereocenters. The number of aromatic nitrogens is 2. The summed E-state index contributed by atoms with van der Waals surface area (Å²) in [5, 5.41) is 0. The molecular weight excluding hydrogens is 324 g/mol. The monoisotopic (exact) mass is 346 g/mol. The number of carbonyl (C=O) groups is 1. The number of rotatable bonds is 5. The minimum atomic E-state index is 0.102. The molecule has 0 fully saturated rings. The van der Waals surface area contributed by atoms with Crippen molar-refractivity contribution >= 4 is 16.8 Å². The first-order valence-corrected chi connectivity index (χ1v) is 9.25. The molecule has 0 saturated heterocycles. The SMILES string of the molecule is CCc1nc2ccc(C(=O)Cc3ccc4c(c3)CCO4)cc2nc1CC. The average molecular weight is 346 g/mol. The number of Topliss-reactive ketones (excluding diaryl/α,β-unsaturated/α-hetero) is 1. The van der Waals surface area contributed by atoms with Gasteiger partial charge in [-0.1, -0.05) is 26.0 Å². The van der Waals surface area contributed by atoms with Gasteiger partial charge in [0.2, 0.25) is 0 Å². The van der Waals surface area contributed by atoms with E-state index in [-0.39, 0.29) is 5.78 Å². The van der Waals surface area contributed by atoms with E-state index in [2.05, 4.69) is 19.9 Å². The van der Waals surface area contributed by atoms with Crippen molar-refractivity contribution < 1.29 is 9.53 Å². The number of aryl methyl sites for hydroxylation is 2. The van der Waals surface area contributed by atoms with Crippen LogP contribution in [0.2, 0.25) is 0 Å². The predicted octanol–water partition coefficient (Wildman–Crippen LogP) is 4.11. The first-order chi connectivity index (χ1) is 12.7. The quantitative estimate of drug-likeness (QED) is 0.652. The fourth-order valence-corrected chi connectivity index (χ4v) is 3.50. The van der Waals surface area contributed by atoms with Crippen LogP contribution in [0.4, 0.5) is 0 Å². The Morgan fingerprint density at radius 3 is 2.54 bits per heavy atom. The smallest absolute Gasteiger partial charge is 0.167 e. The fraction of sp³-hybridized carbons (Fsp3) is 0.318. The molecule has 3 aromatic rings. The van der Waals surface area contributed by atoms with Gasteiger partial charge >= 0.3 is 0 Å². The Labute approximate surface area is 153 Å². The van der Waals surface area contributed by atoms with Gasteiger partial charge in [0.15, 0.2) is 5.78 Å². The van der Waals surface area contributed by atoms with Crippen LogP contribution in [0.5, 0.6) is 5.75 Å². The lowest BCUT2D eigenvalue weighted by molar-refractivity contribution is 0.0993. The molecule has 0 spiro atoms. The third-order valence-electron chi connectivity index (χ3n) is 4.93. The van der Waals surface area contributed by atoms with E-state index in [0.717, 1.165) is 59.6 Å². The van der Waals surface area contributed by atoms with Crippen molar-refractivity contribution in [3.63, 3.8) is 0 Å². The van der Waals surface area contributed by atoms with Crippen molar-refractivity contribution in [1.82, 2.24) is 9.97 Å². The maximum atomic E-state index is 12.8. The Hall–Kier alpha value is -2.75. The summed E-state index contributed by atoms with van der Waals surface area (Å²) < 4.78 is 5.53. The normalized spacial score (nSPS) is 12.8. The highest BCUT2D eigenvalue weighted by molar-refractivity contribution is 6.00. The van der Waals surface area contributed by atoms with Crippen LogP contribution < -0.4 is 4.74 Å². The van der Waals surface area contributed by atoms with Crippen molar-refractivity contribution in [2.45, 2.75) is 39.5 Å². The van der Waals surface area contributed by atoms with Crippen LogP contribution >= 0.6 is 0 Å². The molecule has 1 aliphatic rings. The van der Waals surface area contributed by atoms with E-state index in [1.807, 2.05) is 30.3 Å². The van der Waals surface area contributed by atoms with E-state index in [4.69, 9.17) is 14.7 Å². The molecule has 1 aliphatic heterocycles. The summed E-state index contributed by atoms with van der Waals surface area (Å²) in [7, 11) is 0. The minimum absolute atomic E-state index is 0.102. The summed E-state index contributed by atoms with van der Waals surface area (Å²) in [6.45, 7) is 4.91. The summed E-state index contributed by atoms with van der Waals surface area (Å²) in [4.78, 5) is 22.2. The van der Waals surface area contributed by atoms with Gasteiger partial charge in [-0.2, -0.15) is 0 Å². The van der Waals surface area contributed by atoms with E-state index in [1.54, 1.807) is 0 Å². The number of carbonyl (C=O) groups excluding carboxylic acids is 1. The zero-order chi connectivity index (χ0) is 18.1. The lowest BCUT2D eigenvalue weighted by Gasteiger charge is -2.08. The maximum absolute atomic E-state index is 12.8. The highest BCUT2D eigenvalue weighted by atomic mass is 16.5. The summed E-state index contributed by atoms with van der Waals surface area (Å²) in [5.41, 5.74) is 6.62. The average Bonchev–Trinajstić information content (AvgIpc) is 3.14. The third kappa shape index (κ3) is 3.07. The molecule has 0 bridgehead atoms. The largest absolute Gasteiger partial charge is 0.493 e. The molecule has 0 atom stereocenters. The number of hydrogen-bond donors (Lipinski definition) is 0. The Balaban J connectivity index is 1.62. The number of ketones is 1. The van der Waals surface area contributed by atoms with Crippen LogP contribution in [-0.2, 0) is 25.7 Å². The van der Waals surface area contributed by atoms with Gasteiger partial charge in [0, 0.05) is 18.4 Å². The standard InChI is InChI=1S/C22H22N2O2/c1-3-17-18(4-2)24-20-13-15(6-7-19(20)23-17)21(25)12-14-5-8-22-16(11-14)9-10-26-22/h5-8,11,13H,3-4,9-10,12H2,1-2H3. The van der Waals surface area contributed by atoms with Crippen LogP contribution in [0.3, 0.4) is 0 Å². The number of hydrogen-bond acceptors (Lipinski definition) is 4. The van der Waals surface area contributed by atoms with E-state index in [0.29, 0.717) is 12.0 Å². The molecule has 2 aromatic carbocycles. The van der Waals surface area contributed by atoms with Gasteiger partial charge in [0.25, 0.3) is 0 Å². The zero-order valence-corrected chi connectivity index (χ0v) is 15.2. The van der Waals surface area contributed by atoms with Gasteiger partial charge < -0.3 is 4.74 Å². The van der Waals surface area contributed by atoms with Crippen LogP contribution in [0, 0.1) is 0 Å². The topological polar surface area (TPSA) is 52.1 Å². The number of ether oxygens (including phenoxy) is 1. The lowest BCUT2D eigenvalue weighted by Crippen LogP contribution is -2.05. The third-order valence-corrected chi connectivity index (χ3v) is 4.93. The van der Waals surface area contributed by atoms with Crippen molar-refractivity contribution in [3.05, 3.63) is 64.5 Å².